The molecule has 2 nitrogen and oxygen atoms in total. The molecule has 3 rings (SSSR count). The standard InChI is InChI=1S/C17H12F3NO/c1-22-16-4-2-3-12-9-15(21-10-14(12)16)11-5-7-13(8-6-11)17(18,19)20/h2-10H,1H3. The Hall–Kier alpha value is -2.56. The molecule has 0 saturated heterocycles. The maximum atomic E-state index is 12.6. The molecular weight excluding hydrogens is 291 g/mol. The van der Waals surface area contributed by atoms with Crippen LogP contribution in [0.2, 0.25) is 0 Å². The van der Waals surface area contributed by atoms with Gasteiger partial charge in [-0.2, -0.15) is 13.2 Å². The zero-order chi connectivity index (χ0) is 15.7. The molecule has 0 radical (unpaired) electrons. The number of nitrogens with zero attached hydrogens (tertiary/aromatic N) is 1. The zero-order valence-electron chi connectivity index (χ0n) is 11.7. The van der Waals surface area contributed by atoms with Crippen LogP contribution in [0.15, 0.2) is 54.7 Å². The first-order valence-electron chi connectivity index (χ1n) is 6.59. The Labute approximate surface area is 125 Å². The molecule has 0 aliphatic rings. The van der Waals surface area contributed by atoms with Crippen LogP contribution in [0.5, 0.6) is 5.75 Å². The number of pyridine rings is 1. The van der Waals surface area contributed by atoms with Crippen molar-refractivity contribution in [2.24, 2.45) is 0 Å². The fraction of sp³-hybridized carbons (Fsp3) is 0.118. The van der Waals surface area contributed by atoms with Crippen LogP contribution >= 0.6 is 0 Å². The van der Waals surface area contributed by atoms with Gasteiger partial charge in [0.1, 0.15) is 5.75 Å². The summed E-state index contributed by atoms with van der Waals surface area (Å²) in [6.45, 7) is 0. The summed E-state index contributed by atoms with van der Waals surface area (Å²) in [5.41, 5.74) is 0.589. The zero-order valence-corrected chi connectivity index (χ0v) is 11.7. The molecule has 22 heavy (non-hydrogen) atoms. The summed E-state index contributed by atoms with van der Waals surface area (Å²) >= 11 is 0. The van der Waals surface area contributed by atoms with Crippen molar-refractivity contribution in [2.45, 2.75) is 6.18 Å². The van der Waals surface area contributed by atoms with Gasteiger partial charge in [0.05, 0.1) is 18.4 Å². The van der Waals surface area contributed by atoms with E-state index in [0.29, 0.717) is 17.0 Å². The summed E-state index contributed by atoms with van der Waals surface area (Å²) in [6, 6.07) is 12.4. The van der Waals surface area contributed by atoms with Gasteiger partial charge in [0.15, 0.2) is 0 Å². The Balaban J connectivity index is 2.03. The fourth-order valence-electron chi connectivity index (χ4n) is 2.31. The van der Waals surface area contributed by atoms with Gasteiger partial charge in [-0.25, -0.2) is 0 Å². The first-order valence-corrected chi connectivity index (χ1v) is 6.59. The van der Waals surface area contributed by atoms with E-state index in [1.807, 2.05) is 24.3 Å². The van der Waals surface area contributed by atoms with E-state index < -0.39 is 11.7 Å². The molecule has 0 bridgehead atoms. The number of fused-ring (bicyclic) bond motifs is 1. The van der Waals surface area contributed by atoms with Gasteiger partial charge >= 0.3 is 6.18 Å². The maximum absolute atomic E-state index is 12.6. The number of aromatic nitrogens is 1. The van der Waals surface area contributed by atoms with Crippen LogP contribution in [0, 0.1) is 0 Å². The summed E-state index contributed by atoms with van der Waals surface area (Å²) < 4.78 is 43.0. The summed E-state index contributed by atoms with van der Waals surface area (Å²) in [6.07, 6.45) is -2.66. The molecule has 0 aliphatic heterocycles. The van der Waals surface area contributed by atoms with Crippen molar-refractivity contribution in [1.82, 2.24) is 4.98 Å². The van der Waals surface area contributed by atoms with E-state index in [2.05, 4.69) is 4.98 Å². The highest BCUT2D eigenvalue weighted by Gasteiger charge is 2.29. The third-order valence-electron chi connectivity index (χ3n) is 3.45. The summed E-state index contributed by atoms with van der Waals surface area (Å²) in [4.78, 5) is 4.32. The van der Waals surface area contributed by atoms with E-state index >= 15 is 0 Å². The number of benzene rings is 2. The normalized spacial score (nSPS) is 11.6. The van der Waals surface area contributed by atoms with Crippen molar-refractivity contribution in [3.63, 3.8) is 0 Å². The number of hydrogen-bond acceptors (Lipinski definition) is 2. The smallest absolute Gasteiger partial charge is 0.416 e. The predicted octanol–water partition coefficient (Wildman–Crippen LogP) is 4.93. The maximum Gasteiger partial charge on any atom is 0.416 e. The topological polar surface area (TPSA) is 22.1 Å². The number of ether oxygens (including phenoxy) is 1. The van der Waals surface area contributed by atoms with Crippen molar-refractivity contribution < 1.29 is 17.9 Å². The molecule has 5 heteroatoms. The van der Waals surface area contributed by atoms with Crippen molar-refractivity contribution in [3.8, 4) is 17.0 Å². The second-order valence-electron chi connectivity index (χ2n) is 4.83. The van der Waals surface area contributed by atoms with Crippen LogP contribution in [0.25, 0.3) is 22.0 Å². The lowest BCUT2D eigenvalue weighted by Gasteiger charge is -2.09. The van der Waals surface area contributed by atoms with E-state index in [4.69, 9.17) is 4.74 Å². The van der Waals surface area contributed by atoms with E-state index in [9.17, 15) is 13.2 Å². The fourth-order valence-corrected chi connectivity index (χ4v) is 2.31. The number of rotatable bonds is 2. The molecule has 0 spiro atoms. The Morgan fingerprint density at radius 3 is 2.36 bits per heavy atom. The minimum absolute atomic E-state index is 0.620. The SMILES string of the molecule is COc1cccc2cc(-c3ccc(C(F)(F)F)cc3)ncc12. The van der Waals surface area contributed by atoms with Gasteiger partial charge in [-0.15, -0.1) is 0 Å². The minimum Gasteiger partial charge on any atom is -0.496 e. The quantitative estimate of drug-likeness (QED) is 0.669. The first-order chi connectivity index (χ1) is 10.5. The molecule has 0 aliphatic carbocycles. The van der Waals surface area contributed by atoms with Gasteiger partial charge in [0.2, 0.25) is 0 Å². The molecule has 112 valence electrons. The predicted molar refractivity (Wildman–Crippen MR) is 78.7 cm³/mol. The van der Waals surface area contributed by atoms with Gasteiger partial charge in [-0.3, -0.25) is 4.98 Å². The summed E-state index contributed by atoms with van der Waals surface area (Å²) in [5.74, 6) is 0.712. The molecule has 2 aromatic carbocycles. The third kappa shape index (κ3) is 2.62. The lowest BCUT2D eigenvalue weighted by atomic mass is 10.1. The Morgan fingerprint density at radius 1 is 1.00 bits per heavy atom. The first kappa shape index (κ1) is 14.4. The lowest BCUT2D eigenvalue weighted by Crippen LogP contribution is -2.04. The molecule has 1 aromatic heterocycles. The minimum atomic E-state index is -4.33. The van der Waals surface area contributed by atoms with Crippen LogP contribution in [-0.4, -0.2) is 12.1 Å². The van der Waals surface area contributed by atoms with Crippen molar-refractivity contribution in [1.29, 1.82) is 0 Å². The van der Waals surface area contributed by atoms with E-state index in [0.717, 1.165) is 22.9 Å². The average Bonchev–Trinajstić information content (AvgIpc) is 2.53. The average molecular weight is 303 g/mol. The number of halogens is 3. The molecule has 0 fully saturated rings. The van der Waals surface area contributed by atoms with E-state index in [-0.39, 0.29) is 0 Å². The molecule has 0 atom stereocenters. The molecule has 1 heterocycles. The van der Waals surface area contributed by atoms with Crippen LogP contribution in [0.1, 0.15) is 5.56 Å². The summed E-state index contributed by atoms with van der Waals surface area (Å²) in [7, 11) is 1.58. The van der Waals surface area contributed by atoms with Gasteiger partial charge in [0, 0.05) is 17.1 Å². The second kappa shape index (κ2) is 5.33. The highest BCUT2D eigenvalue weighted by molar-refractivity contribution is 5.90. The Kier molecular flexibility index (Phi) is 3.48. The van der Waals surface area contributed by atoms with Crippen molar-refractivity contribution in [3.05, 3.63) is 60.3 Å². The van der Waals surface area contributed by atoms with Gasteiger partial charge in [0.25, 0.3) is 0 Å². The summed E-state index contributed by atoms with van der Waals surface area (Å²) in [5, 5.41) is 1.78. The monoisotopic (exact) mass is 303 g/mol. The highest BCUT2D eigenvalue weighted by atomic mass is 19.4. The van der Waals surface area contributed by atoms with Crippen LogP contribution in [-0.2, 0) is 6.18 Å². The molecule has 0 amide bonds. The molecule has 0 unspecified atom stereocenters. The molecule has 3 aromatic rings. The van der Waals surface area contributed by atoms with Crippen LogP contribution < -0.4 is 4.74 Å². The largest absolute Gasteiger partial charge is 0.496 e. The number of alkyl halides is 3. The Bertz CT molecular complexity index is 810. The number of methoxy groups -OCH3 is 1. The van der Waals surface area contributed by atoms with Crippen molar-refractivity contribution in [2.75, 3.05) is 7.11 Å². The number of hydrogen-bond donors (Lipinski definition) is 0. The molecule has 0 saturated carbocycles. The second-order valence-corrected chi connectivity index (χ2v) is 4.83. The van der Waals surface area contributed by atoms with Crippen molar-refractivity contribution >= 4 is 10.8 Å². The van der Waals surface area contributed by atoms with Gasteiger partial charge < -0.3 is 4.74 Å². The van der Waals surface area contributed by atoms with E-state index in [1.54, 1.807) is 13.3 Å². The van der Waals surface area contributed by atoms with E-state index in [1.165, 1.54) is 12.1 Å². The van der Waals surface area contributed by atoms with Gasteiger partial charge in [-0.05, 0) is 29.7 Å². The third-order valence-corrected chi connectivity index (χ3v) is 3.45. The highest BCUT2D eigenvalue weighted by Crippen LogP contribution is 2.32. The van der Waals surface area contributed by atoms with Crippen LogP contribution in [0.4, 0.5) is 13.2 Å². The van der Waals surface area contributed by atoms with Gasteiger partial charge in [-0.1, -0.05) is 24.3 Å². The Morgan fingerprint density at radius 2 is 1.73 bits per heavy atom. The molecular formula is C17H12F3NO. The lowest BCUT2D eigenvalue weighted by molar-refractivity contribution is -0.137. The molecule has 0 N–H and O–H groups in total. The van der Waals surface area contributed by atoms with Crippen LogP contribution in [0.3, 0.4) is 0 Å².